The third-order valence-corrected chi connectivity index (χ3v) is 3.68. The lowest BCUT2D eigenvalue weighted by atomic mass is 9.89. The van der Waals surface area contributed by atoms with Gasteiger partial charge < -0.3 is 15.1 Å². The molecule has 0 spiro atoms. The lowest BCUT2D eigenvalue weighted by Crippen LogP contribution is -2.28. The number of carboxylic acids is 1. The second-order valence-corrected chi connectivity index (χ2v) is 5.21. The molecule has 2 atom stereocenters. The van der Waals surface area contributed by atoms with E-state index in [0.29, 0.717) is 0 Å². The van der Waals surface area contributed by atoms with Gasteiger partial charge in [-0.25, -0.2) is 4.79 Å². The highest BCUT2D eigenvalue weighted by Crippen LogP contribution is 2.33. The molecule has 96 valence electrons. The highest BCUT2D eigenvalue weighted by Gasteiger charge is 2.40. The Labute approximate surface area is 112 Å². The molecule has 2 rings (SSSR count). The number of hydrogen-bond acceptors (Lipinski definition) is 2. The summed E-state index contributed by atoms with van der Waals surface area (Å²) in [4.78, 5) is 23.3. The molecule has 2 N–H and O–H groups in total. The van der Waals surface area contributed by atoms with Crippen LogP contribution in [0, 0.1) is 5.92 Å². The first-order chi connectivity index (χ1) is 8.49. The molecule has 1 amide bonds. The van der Waals surface area contributed by atoms with Crippen LogP contribution in [0.25, 0.3) is 0 Å². The van der Waals surface area contributed by atoms with Crippen molar-refractivity contribution < 1.29 is 19.8 Å². The normalized spacial score (nSPS) is 23.1. The minimum absolute atomic E-state index is 0.0435. The molecule has 0 unspecified atom stereocenters. The molecule has 6 heteroatoms. The van der Waals surface area contributed by atoms with Crippen molar-refractivity contribution in [2.75, 3.05) is 13.1 Å². The van der Waals surface area contributed by atoms with Crippen LogP contribution in [0.5, 0.6) is 0 Å². The Morgan fingerprint density at radius 3 is 2.56 bits per heavy atom. The standard InChI is InChI=1S/C12H12BrNO4/c13-8-3-1-2-7(4-8)9-5-14(12(17)18)6-10(9)11(15)16/h1-4,9-10H,5-6H2,(H,15,16)(H,17,18)/t9-,10+/m0/s1. The predicted octanol–water partition coefficient (Wildman–Crippen LogP) is 2.23. The van der Waals surface area contributed by atoms with Crippen molar-refractivity contribution in [1.82, 2.24) is 4.90 Å². The average molecular weight is 314 g/mol. The Kier molecular flexibility index (Phi) is 3.56. The van der Waals surface area contributed by atoms with Crippen LogP contribution in [0.2, 0.25) is 0 Å². The SMILES string of the molecule is O=C(O)[C@@H]1CN(C(=O)O)C[C@H]1c1cccc(Br)c1. The maximum absolute atomic E-state index is 11.2. The number of rotatable bonds is 2. The summed E-state index contributed by atoms with van der Waals surface area (Å²) in [5, 5.41) is 18.1. The fraction of sp³-hybridized carbons (Fsp3) is 0.333. The van der Waals surface area contributed by atoms with Crippen LogP contribution in [0.3, 0.4) is 0 Å². The Bertz CT molecular complexity index is 491. The smallest absolute Gasteiger partial charge is 0.407 e. The first-order valence-corrected chi connectivity index (χ1v) is 6.24. The van der Waals surface area contributed by atoms with Crippen molar-refractivity contribution >= 4 is 28.0 Å². The molecule has 1 aliphatic rings. The summed E-state index contributed by atoms with van der Waals surface area (Å²) in [5.74, 6) is -1.93. The Hall–Kier alpha value is -1.56. The van der Waals surface area contributed by atoms with E-state index in [1.165, 1.54) is 0 Å². The monoisotopic (exact) mass is 313 g/mol. The van der Waals surface area contributed by atoms with Crippen molar-refractivity contribution in [1.29, 1.82) is 0 Å². The lowest BCUT2D eigenvalue weighted by Gasteiger charge is -2.14. The summed E-state index contributed by atoms with van der Waals surface area (Å²) < 4.78 is 0.859. The maximum Gasteiger partial charge on any atom is 0.407 e. The van der Waals surface area contributed by atoms with Gasteiger partial charge in [0.05, 0.1) is 5.92 Å². The van der Waals surface area contributed by atoms with Gasteiger partial charge in [-0.2, -0.15) is 0 Å². The molecule has 1 aromatic rings. The van der Waals surface area contributed by atoms with E-state index >= 15 is 0 Å². The molecular formula is C12H12BrNO4. The van der Waals surface area contributed by atoms with Crippen LogP contribution in [0.4, 0.5) is 4.79 Å². The molecule has 1 aliphatic heterocycles. The van der Waals surface area contributed by atoms with Gasteiger partial charge in [-0.1, -0.05) is 28.1 Å². The number of hydrogen-bond donors (Lipinski definition) is 2. The van der Waals surface area contributed by atoms with Crippen LogP contribution < -0.4 is 0 Å². The van der Waals surface area contributed by atoms with E-state index in [9.17, 15) is 14.7 Å². The van der Waals surface area contributed by atoms with Crippen molar-refractivity contribution in [3.05, 3.63) is 34.3 Å². The molecule has 1 heterocycles. The molecule has 18 heavy (non-hydrogen) atoms. The molecule has 0 aliphatic carbocycles. The Balaban J connectivity index is 2.30. The Morgan fingerprint density at radius 1 is 1.28 bits per heavy atom. The molecule has 0 aromatic heterocycles. The fourth-order valence-electron chi connectivity index (χ4n) is 2.29. The third-order valence-electron chi connectivity index (χ3n) is 3.18. The molecule has 1 saturated heterocycles. The number of halogens is 1. The number of amides is 1. The van der Waals surface area contributed by atoms with Crippen LogP contribution in [-0.2, 0) is 4.79 Å². The largest absolute Gasteiger partial charge is 0.481 e. The van der Waals surface area contributed by atoms with Gasteiger partial charge in [-0.15, -0.1) is 0 Å². The summed E-state index contributed by atoms with van der Waals surface area (Å²) >= 11 is 3.33. The van der Waals surface area contributed by atoms with Gasteiger partial charge in [-0.05, 0) is 17.7 Å². The summed E-state index contributed by atoms with van der Waals surface area (Å²) in [6, 6.07) is 7.34. The first kappa shape index (κ1) is 12.9. The van der Waals surface area contributed by atoms with Crippen molar-refractivity contribution in [3.8, 4) is 0 Å². The molecular weight excluding hydrogens is 302 g/mol. The van der Waals surface area contributed by atoms with Gasteiger partial charge in [0.15, 0.2) is 0 Å². The molecule has 1 fully saturated rings. The summed E-state index contributed by atoms with van der Waals surface area (Å²) in [7, 11) is 0. The highest BCUT2D eigenvalue weighted by atomic mass is 79.9. The first-order valence-electron chi connectivity index (χ1n) is 5.45. The molecule has 0 bridgehead atoms. The number of likely N-dealkylation sites (tertiary alicyclic amines) is 1. The van der Waals surface area contributed by atoms with E-state index in [0.717, 1.165) is 14.9 Å². The van der Waals surface area contributed by atoms with Gasteiger partial charge in [0, 0.05) is 23.5 Å². The summed E-state index contributed by atoms with van der Waals surface area (Å²) in [6.07, 6.45) is -1.07. The number of benzene rings is 1. The van der Waals surface area contributed by atoms with Gasteiger partial charge >= 0.3 is 12.1 Å². The van der Waals surface area contributed by atoms with Crippen LogP contribution in [0.1, 0.15) is 11.5 Å². The van der Waals surface area contributed by atoms with E-state index < -0.39 is 18.0 Å². The number of nitrogens with zero attached hydrogens (tertiary/aromatic N) is 1. The van der Waals surface area contributed by atoms with Crippen molar-refractivity contribution in [2.45, 2.75) is 5.92 Å². The van der Waals surface area contributed by atoms with Crippen molar-refractivity contribution in [2.24, 2.45) is 5.92 Å². The number of aliphatic carboxylic acids is 1. The second kappa shape index (κ2) is 4.97. The number of carbonyl (C=O) groups is 2. The number of carboxylic acid groups (broad SMARTS) is 2. The van der Waals surface area contributed by atoms with Crippen LogP contribution in [0.15, 0.2) is 28.7 Å². The molecule has 5 nitrogen and oxygen atoms in total. The van der Waals surface area contributed by atoms with Gasteiger partial charge in [-0.3, -0.25) is 4.79 Å². The minimum atomic E-state index is -1.07. The highest BCUT2D eigenvalue weighted by molar-refractivity contribution is 9.10. The lowest BCUT2D eigenvalue weighted by molar-refractivity contribution is -0.141. The maximum atomic E-state index is 11.2. The van der Waals surface area contributed by atoms with Gasteiger partial charge in [0.25, 0.3) is 0 Å². The predicted molar refractivity (Wildman–Crippen MR) is 67.6 cm³/mol. The summed E-state index contributed by atoms with van der Waals surface area (Å²) in [6.45, 7) is 0.268. The topological polar surface area (TPSA) is 77.8 Å². The Morgan fingerprint density at radius 2 is 2.00 bits per heavy atom. The fourth-order valence-corrected chi connectivity index (χ4v) is 2.70. The molecule has 1 aromatic carbocycles. The zero-order valence-corrected chi connectivity index (χ0v) is 11.0. The van der Waals surface area contributed by atoms with Crippen LogP contribution >= 0.6 is 15.9 Å². The zero-order chi connectivity index (χ0) is 13.3. The van der Waals surface area contributed by atoms with E-state index in [4.69, 9.17) is 5.11 Å². The summed E-state index contributed by atoms with van der Waals surface area (Å²) in [5.41, 5.74) is 0.848. The van der Waals surface area contributed by atoms with E-state index in [1.54, 1.807) is 0 Å². The van der Waals surface area contributed by atoms with Gasteiger partial charge in [0.2, 0.25) is 0 Å². The minimum Gasteiger partial charge on any atom is -0.481 e. The quantitative estimate of drug-likeness (QED) is 0.877. The second-order valence-electron chi connectivity index (χ2n) is 4.29. The van der Waals surface area contributed by atoms with Crippen LogP contribution in [-0.4, -0.2) is 40.3 Å². The third kappa shape index (κ3) is 2.48. The average Bonchev–Trinajstić information content (AvgIpc) is 2.73. The zero-order valence-electron chi connectivity index (χ0n) is 9.41. The van der Waals surface area contributed by atoms with Gasteiger partial charge in [0.1, 0.15) is 0 Å². The van der Waals surface area contributed by atoms with Crippen molar-refractivity contribution in [3.63, 3.8) is 0 Å². The molecule has 0 saturated carbocycles. The van der Waals surface area contributed by atoms with E-state index in [1.807, 2.05) is 24.3 Å². The van der Waals surface area contributed by atoms with E-state index in [-0.39, 0.29) is 19.0 Å². The molecule has 0 radical (unpaired) electrons. The van der Waals surface area contributed by atoms with E-state index in [2.05, 4.69) is 15.9 Å².